The van der Waals surface area contributed by atoms with Crippen LogP contribution in [0.15, 0.2) is 54.2 Å². The Balaban J connectivity index is 2.41. The number of hydrogen-bond donors (Lipinski definition) is 1. The summed E-state index contributed by atoms with van der Waals surface area (Å²) >= 11 is 0. The Labute approximate surface area is 133 Å². The number of rotatable bonds is 6. The molecule has 1 aliphatic carbocycles. The first kappa shape index (κ1) is 16.4. The van der Waals surface area contributed by atoms with E-state index in [1.807, 2.05) is 12.1 Å². The first-order chi connectivity index (χ1) is 10.5. The lowest BCUT2D eigenvalue weighted by molar-refractivity contribution is 0.385. The molecule has 1 aromatic carbocycles. The molecule has 0 saturated carbocycles. The maximum atomic E-state index is 5.57. The van der Waals surface area contributed by atoms with E-state index >= 15 is 0 Å². The van der Waals surface area contributed by atoms with E-state index in [0.717, 1.165) is 29.1 Å². The molecule has 0 spiro atoms. The molecule has 0 amide bonds. The molecule has 0 aliphatic heterocycles. The molecule has 0 bridgehead atoms. The van der Waals surface area contributed by atoms with Crippen molar-refractivity contribution in [2.45, 2.75) is 32.4 Å². The Morgan fingerprint density at radius 2 is 1.91 bits per heavy atom. The summed E-state index contributed by atoms with van der Waals surface area (Å²) in [6, 6.07) is 6.41. The lowest BCUT2D eigenvalue weighted by Crippen LogP contribution is -2.29. The molecule has 0 heterocycles. The summed E-state index contributed by atoms with van der Waals surface area (Å²) in [5.41, 5.74) is 3.48. The van der Waals surface area contributed by atoms with Crippen LogP contribution in [0.2, 0.25) is 0 Å². The van der Waals surface area contributed by atoms with Gasteiger partial charge in [0.15, 0.2) is 0 Å². The fraction of sp³-hybridized carbons (Fsp3) is 0.368. The number of nitrogens with one attached hydrogen (secondary N) is 1. The van der Waals surface area contributed by atoms with Crippen LogP contribution in [0, 0.1) is 0 Å². The van der Waals surface area contributed by atoms with E-state index in [1.54, 1.807) is 14.2 Å². The summed E-state index contributed by atoms with van der Waals surface area (Å²) in [6.45, 7) is 8.30. The van der Waals surface area contributed by atoms with Gasteiger partial charge in [0.05, 0.1) is 20.3 Å². The van der Waals surface area contributed by atoms with Crippen molar-refractivity contribution in [1.82, 2.24) is 5.32 Å². The van der Waals surface area contributed by atoms with E-state index in [9.17, 15) is 0 Å². The smallest absolute Gasteiger partial charge is 0.127 e. The average Bonchev–Trinajstić information content (AvgIpc) is 2.53. The van der Waals surface area contributed by atoms with Crippen molar-refractivity contribution in [2.24, 2.45) is 0 Å². The van der Waals surface area contributed by atoms with Gasteiger partial charge in [-0.25, -0.2) is 0 Å². The molecule has 22 heavy (non-hydrogen) atoms. The fourth-order valence-electron chi connectivity index (χ4n) is 2.57. The molecule has 1 unspecified atom stereocenters. The minimum absolute atomic E-state index is 0.0882. The molecule has 1 atom stereocenters. The van der Waals surface area contributed by atoms with Crippen molar-refractivity contribution in [2.75, 3.05) is 14.2 Å². The van der Waals surface area contributed by atoms with E-state index < -0.39 is 0 Å². The van der Waals surface area contributed by atoms with Gasteiger partial charge < -0.3 is 14.8 Å². The first-order valence-electron chi connectivity index (χ1n) is 7.59. The van der Waals surface area contributed by atoms with Gasteiger partial charge in [-0.2, -0.15) is 0 Å². The maximum absolute atomic E-state index is 5.57. The van der Waals surface area contributed by atoms with Crippen molar-refractivity contribution >= 4 is 0 Å². The highest BCUT2D eigenvalue weighted by Crippen LogP contribution is 2.35. The normalized spacial score (nSPS) is 15.7. The third-order valence-corrected chi connectivity index (χ3v) is 3.70. The van der Waals surface area contributed by atoms with Gasteiger partial charge in [-0.1, -0.05) is 30.4 Å². The van der Waals surface area contributed by atoms with Crippen LogP contribution >= 0.6 is 0 Å². The van der Waals surface area contributed by atoms with E-state index in [0.29, 0.717) is 6.04 Å². The highest BCUT2D eigenvalue weighted by atomic mass is 16.5. The monoisotopic (exact) mass is 299 g/mol. The standard InChI is InChI=1S/C19H25NO2/c1-13(2)20-19(15-8-6-14(3)7-9-15)17-11-10-16(21-4)12-18(17)22-5/h6,8-13,19-20H,3,7H2,1-2,4-5H3. The van der Waals surface area contributed by atoms with E-state index in [-0.39, 0.29) is 6.04 Å². The molecular weight excluding hydrogens is 274 g/mol. The largest absolute Gasteiger partial charge is 0.497 e. The third kappa shape index (κ3) is 3.80. The Kier molecular flexibility index (Phi) is 5.45. The number of ether oxygens (including phenoxy) is 2. The molecule has 1 aromatic rings. The van der Waals surface area contributed by atoms with E-state index in [1.165, 1.54) is 5.57 Å². The minimum Gasteiger partial charge on any atom is -0.497 e. The summed E-state index contributed by atoms with van der Waals surface area (Å²) in [5.74, 6) is 1.63. The summed E-state index contributed by atoms with van der Waals surface area (Å²) in [7, 11) is 3.36. The van der Waals surface area contributed by atoms with E-state index in [2.05, 4.69) is 50.0 Å². The van der Waals surface area contributed by atoms with Gasteiger partial charge in [0.1, 0.15) is 11.5 Å². The minimum atomic E-state index is 0.0882. The van der Waals surface area contributed by atoms with Gasteiger partial charge >= 0.3 is 0 Å². The zero-order valence-electron chi connectivity index (χ0n) is 13.8. The molecule has 3 nitrogen and oxygen atoms in total. The summed E-state index contributed by atoms with van der Waals surface area (Å²) in [6.07, 6.45) is 7.34. The Morgan fingerprint density at radius 1 is 1.14 bits per heavy atom. The van der Waals surface area contributed by atoms with Gasteiger partial charge in [0.2, 0.25) is 0 Å². The van der Waals surface area contributed by atoms with Crippen LogP contribution < -0.4 is 14.8 Å². The molecule has 0 fully saturated rings. The van der Waals surface area contributed by atoms with Crippen LogP contribution in [0.5, 0.6) is 11.5 Å². The van der Waals surface area contributed by atoms with Crippen LogP contribution in [0.4, 0.5) is 0 Å². The topological polar surface area (TPSA) is 30.5 Å². The quantitative estimate of drug-likeness (QED) is 0.854. The van der Waals surface area contributed by atoms with Crippen LogP contribution in [-0.4, -0.2) is 20.3 Å². The first-order valence-corrected chi connectivity index (χ1v) is 7.59. The van der Waals surface area contributed by atoms with Crippen LogP contribution in [-0.2, 0) is 0 Å². The zero-order valence-corrected chi connectivity index (χ0v) is 13.8. The van der Waals surface area contributed by atoms with Gasteiger partial charge in [0.25, 0.3) is 0 Å². The third-order valence-electron chi connectivity index (χ3n) is 3.70. The lowest BCUT2D eigenvalue weighted by Gasteiger charge is -2.26. The molecule has 0 aromatic heterocycles. The van der Waals surface area contributed by atoms with E-state index in [4.69, 9.17) is 9.47 Å². The van der Waals surface area contributed by atoms with Crippen molar-refractivity contribution < 1.29 is 9.47 Å². The molecular formula is C19H25NO2. The predicted octanol–water partition coefficient (Wildman–Crippen LogP) is 4.19. The molecule has 0 radical (unpaired) electrons. The lowest BCUT2D eigenvalue weighted by atomic mass is 9.92. The molecule has 2 rings (SSSR count). The van der Waals surface area contributed by atoms with Crippen molar-refractivity contribution in [3.05, 3.63) is 59.7 Å². The average molecular weight is 299 g/mol. The molecule has 1 N–H and O–H groups in total. The summed E-state index contributed by atoms with van der Waals surface area (Å²) in [4.78, 5) is 0. The SMILES string of the molecule is C=C1C=CC(C(NC(C)C)c2ccc(OC)cc2OC)=CC1. The number of hydrogen-bond acceptors (Lipinski definition) is 3. The van der Waals surface area contributed by atoms with Crippen LogP contribution in [0.3, 0.4) is 0 Å². The zero-order chi connectivity index (χ0) is 16.1. The Bertz CT molecular complexity index is 599. The van der Waals surface area contributed by atoms with Crippen molar-refractivity contribution in [3.63, 3.8) is 0 Å². The van der Waals surface area contributed by atoms with Crippen LogP contribution in [0.1, 0.15) is 31.9 Å². The number of methoxy groups -OCH3 is 2. The molecule has 1 aliphatic rings. The second kappa shape index (κ2) is 7.32. The maximum Gasteiger partial charge on any atom is 0.127 e. The van der Waals surface area contributed by atoms with Gasteiger partial charge in [0, 0.05) is 17.7 Å². The highest BCUT2D eigenvalue weighted by molar-refractivity contribution is 5.48. The number of allylic oxidation sites excluding steroid dienone is 3. The second-order valence-corrected chi connectivity index (χ2v) is 5.76. The summed E-state index contributed by atoms with van der Waals surface area (Å²) < 4.78 is 10.9. The molecule has 118 valence electrons. The summed E-state index contributed by atoms with van der Waals surface area (Å²) in [5, 5.41) is 3.62. The fourth-order valence-corrected chi connectivity index (χ4v) is 2.57. The Morgan fingerprint density at radius 3 is 2.45 bits per heavy atom. The van der Waals surface area contributed by atoms with Gasteiger partial charge in [-0.15, -0.1) is 0 Å². The highest BCUT2D eigenvalue weighted by Gasteiger charge is 2.21. The molecule has 3 heteroatoms. The van der Waals surface area contributed by atoms with Crippen molar-refractivity contribution in [1.29, 1.82) is 0 Å². The Hall–Kier alpha value is -2.00. The van der Waals surface area contributed by atoms with Crippen molar-refractivity contribution in [3.8, 4) is 11.5 Å². The van der Waals surface area contributed by atoms with Gasteiger partial charge in [-0.3, -0.25) is 0 Å². The second-order valence-electron chi connectivity index (χ2n) is 5.76. The van der Waals surface area contributed by atoms with Crippen LogP contribution in [0.25, 0.3) is 0 Å². The van der Waals surface area contributed by atoms with Gasteiger partial charge in [-0.05, 0) is 38.0 Å². The molecule has 0 saturated heterocycles. The number of benzene rings is 1. The predicted molar refractivity (Wildman–Crippen MR) is 91.5 cm³/mol.